The van der Waals surface area contributed by atoms with Gasteiger partial charge in [-0.3, -0.25) is 14.6 Å². The fourth-order valence-corrected chi connectivity index (χ4v) is 5.00. The monoisotopic (exact) mass is 456 g/mol. The minimum absolute atomic E-state index is 0.0438. The van der Waals surface area contributed by atoms with E-state index in [-0.39, 0.29) is 17.1 Å². The lowest BCUT2D eigenvalue weighted by Crippen LogP contribution is -2.59. The van der Waals surface area contributed by atoms with Crippen LogP contribution in [-0.2, 0) is 6.54 Å². The number of aromatic hydroxyl groups is 1. The number of halogens is 1. The van der Waals surface area contributed by atoms with E-state index in [1.165, 1.54) is 12.1 Å². The van der Waals surface area contributed by atoms with Crippen molar-refractivity contribution >= 4 is 11.5 Å². The van der Waals surface area contributed by atoms with Crippen LogP contribution in [0.25, 0.3) is 5.70 Å². The largest absolute Gasteiger partial charge is 0.508 e. The molecule has 8 nitrogen and oxygen atoms in total. The number of hydrogen-bond donors (Lipinski definition) is 3. The molecule has 0 aliphatic carbocycles. The van der Waals surface area contributed by atoms with Crippen LogP contribution < -0.4 is 16.2 Å². The van der Waals surface area contributed by atoms with Gasteiger partial charge in [0, 0.05) is 55.6 Å². The van der Waals surface area contributed by atoms with Gasteiger partial charge in [0.15, 0.2) is 5.82 Å². The Morgan fingerprint density at radius 2 is 2.06 bits per heavy atom. The van der Waals surface area contributed by atoms with Crippen molar-refractivity contribution in [1.82, 2.24) is 19.8 Å². The van der Waals surface area contributed by atoms with E-state index < -0.39 is 0 Å². The summed E-state index contributed by atoms with van der Waals surface area (Å²) in [6.07, 6.45) is 4.62. The summed E-state index contributed by atoms with van der Waals surface area (Å²) in [5.41, 5.74) is 6.79. The van der Waals surface area contributed by atoms with Crippen molar-refractivity contribution in [2.75, 3.05) is 37.6 Å². The molecule has 2 aromatic rings. The number of nitrogens with zero attached hydrogens (tertiary/aromatic N) is 4. The summed E-state index contributed by atoms with van der Waals surface area (Å²) < 4.78 is 14.1. The van der Waals surface area contributed by atoms with Gasteiger partial charge in [-0.25, -0.2) is 9.37 Å². The van der Waals surface area contributed by atoms with Crippen molar-refractivity contribution in [1.29, 1.82) is 0 Å². The van der Waals surface area contributed by atoms with Crippen LogP contribution in [0.5, 0.6) is 5.75 Å². The van der Waals surface area contributed by atoms with Crippen LogP contribution in [0.2, 0.25) is 0 Å². The molecule has 1 atom stereocenters. The van der Waals surface area contributed by atoms with Crippen molar-refractivity contribution in [2.45, 2.75) is 44.8 Å². The van der Waals surface area contributed by atoms with Crippen molar-refractivity contribution in [3.05, 3.63) is 58.4 Å². The molecular weight excluding hydrogens is 423 g/mol. The van der Waals surface area contributed by atoms with E-state index >= 15 is 0 Å². The normalized spacial score (nSPS) is 20.8. The summed E-state index contributed by atoms with van der Waals surface area (Å²) >= 11 is 0. The molecule has 1 aromatic carbocycles. The van der Waals surface area contributed by atoms with Gasteiger partial charge in [0.2, 0.25) is 0 Å². The lowest BCUT2D eigenvalue weighted by atomic mass is 9.98. The van der Waals surface area contributed by atoms with Crippen LogP contribution in [-0.4, -0.2) is 69.7 Å². The second-order valence-corrected chi connectivity index (χ2v) is 9.00. The molecule has 9 heteroatoms. The number of aromatic nitrogens is 2. The fourth-order valence-electron chi connectivity index (χ4n) is 5.00. The average Bonchev–Trinajstić information content (AvgIpc) is 2.81. The van der Waals surface area contributed by atoms with Gasteiger partial charge in [0.25, 0.3) is 5.56 Å². The molecule has 2 aliphatic rings. The lowest BCUT2D eigenvalue weighted by Gasteiger charge is -2.47. The van der Waals surface area contributed by atoms with E-state index in [2.05, 4.69) is 38.2 Å². The Morgan fingerprint density at radius 3 is 2.70 bits per heavy atom. The molecule has 4 rings (SSSR count). The van der Waals surface area contributed by atoms with Crippen LogP contribution in [0.15, 0.2) is 35.8 Å². The van der Waals surface area contributed by atoms with Gasteiger partial charge in [-0.05, 0) is 38.4 Å². The maximum Gasteiger partial charge on any atom is 0.291 e. The van der Waals surface area contributed by atoms with Crippen molar-refractivity contribution in [2.24, 2.45) is 5.73 Å². The number of piperazine rings is 1. The van der Waals surface area contributed by atoms with Crippen LogP contribution >= 0.6 is 0 Å². The average molecular weight is 457 g/mol. The maximum atomic E-state index is 14.1. The molecule has 0 bridgehead atoms. The SMILES string of the molecule is C=C(N)c1cnc(N2CCN(C3CCN(Cc4ccc(O)cc4F)CC3)C(CC)C2)c(=O)[nH]1. The topological polar surface area (TPSA) is 102 Å². The van der Waals surface area contributed by atoms with Crippen molar-refractivity contribution in [3.63, 3.8) is 0 Å². The summed E-state index contributed by atoms with van der Waals surface area (Å²) in [7, 11) is 0. The molecule has 1 unspecified atom stereocenters. The molecule has 33 heavy (non-hydrogen) atoms. The number of rotatable bonds is 6. The van der Waals surface area contributed by atoms with Gasteiger partial charge in [-0.1, -0.05) is 19.6 Å². The number of aromatic amines is 1. The quantitative estimate of drug-likeness (QED) is 0.612. The molecule has 4 N–H and O–H groups in total. The number of phenolic OH excluding ortho intramolecular Hbond substituents is 1. The second kappa shape index (κ2) is 9.93. The van der Waals surface area contributed by atoms with Crippen LogP contribution in [0.3, 0.4) is 0 Å². The highest BCUT2D eigenvalue weighted by Gasteiger charge is 2.34. The summed E-state index contributed by atoms with van der Waals surface area (Å²) in [6, 6.07) is 5.19. The lowest BCUT2D eigenvalue weighted by molar-refractivity contribution is 0.0607. The van der Waals surface area contributed by atoms with Gasteiger partial charge in [-0.15, -0.1) is 0 Å². The number of anilines is 1. The maximum absolute atomic E-state index is 14.1. The molecule has 2 aliphatic heterocycles. The first kappa shape index (κ1) is 23.3. The molecule has 0 radical (unpaired) electrons. The number of H-pyrrole nitrogens is 1. The van der Waals surface area contributed by atoms with Gasteiger partial charge >= 0.3 is 0 Å². The molecular formula is C24H33FN6O2. The Hall–Kier alpha value is -2.91. The van der Waals surface area contributed by atoms with Crippen molar-refractivity contribution < 1.29 is 9.50 Å². The van der Waals surface area contributed by atoms with E-state index in [1.807, 2.05) is 0 Å². The zero-order valence-corrected chi connectivity index (χ0v) is 19.1. The molecule has 3 heterocycles. The molecule has 2 saturated heterocycles. The molecule has 0 amide bonds. The predicted octanol–water partition coefficient (Wildman–Crippen LogP) is 2.11. The third-order valence-corrected chi connectivity index (χ3v) is 6.87. The van der Waals surface area contributed by atoms with E-state index in [4.69, 9.17) is 5.73 Å². The number of nitrogens with one attached hydrogen (secondary N) is 1. The van der Waals surface area contributed by atoms with E-state index in [0.29, 0.717) is 41.4 Å². The fraction of sp³-hybridized carbons (Fsp3) is 0.500. The highest BCUT2D eigenvalue weighted by Crippen LogP contribution is 2.26. The zero-order valence-electron chi connectivity index (χ0n) is 19.1. The third-order valence-electron chi connectivity index (χ3n) is 6.87. The summed E-state index contributed by atoms with van der Waals surface area (Å²) in [6.45, 7) is 10.6. The standard InChI is InChI=1S/C24H33FN6O2/c1-3-18-15-30(23-24(33)28-22(13-27-23)16(2)26)10-11-31(18)19-6-8-29(9-7-19)14-17-4-5-20(32)12-21(17)25/h4-5,12-13,18-19,32H,2-3,6-11,14-15,26H2,1H3,(H,28,33). The summed E-state index contributed by atoms with van der Waals surface area (Å²) in [4.78, 5) is 26.6. The van der Waals surface area contributed by atoms with Gasteiger partial charge < -0.3 is 20.7 Å². The Labute approximate surface area is 193 Å². The third kappa shape index (κ3) is 5.20. The smallest absolute Gasteiger partial charge is 0.291 e. The number of piperidine rings is 1. The molecule has 2 fully saturated rings. The van der Waals surface area contributed by atoms with E-state index in [0.717, 1.165) is 52.0 Å². The number of likely N-dealkylation sites (tertiary alicyclic amines) is 1. The number of nitrogens with two attached hydrogens (primary N) is 1. The molecule has 0 spiro atoms. The van der Waals surface area contributed by atoms with E-state index in [1.54, 1.807) is 12.3 Å². The number of benzene rings is 1. The minimum atomic E-state index is -0.355. The predicted molar refractivity (Wildman–Crippen MR) is 127 cm³/mol. The van der Waals surface area contributed by atoms with E-state index in [9.17, 15) is 14.3 Å². The Morgan fingerprint density at radius 1 is 1.30 bits per heavy atom. The summed E-state index contributed by atoms with van der Waals surface area (Å²) in [5.74, 6) is 0.0354. The van der Waals surface area contributed by atoms with Gasteiger partial charge in [0.1, 0.15) is 11.6 Å². The summed E-state index contributed by atoms with van der Waals surface area (Å²) in [5, 5.41) is 9.42. The van der Waals surface area contributed by atoms with Crippen LogP contribution in [0, 0.1) is 5.82 Å². The number of phenols is 1. The molecule has 1 aromatic heterocycles. The Balaban J connectivity index is 1.35. The Kier molecular flexibility index (Phi) is 6.99. The molecule has 0 saturated carbocycles. The minimum Gasteiger partial charge on any atom is -0.508 e. The highest BCUT2D eigenvalue weighted by atomic mass is 19.1. The van der Waals surface area contributed by atoms with Crippen LogP contribution in [0.4, 0.5) is 10.2 Å². The van der Waals surface area contributed by atoms with Gasteiger partial charge in [-0.2, -0.15) is 0 Å². The highest BCUT2D eigenvalue weighted by molar-refractivity contribution is 5.56. The second-order valence-electron chi connectivity index (χ2n) is 9.00. The first-order valence-corrected chi connectivity index (χ1v) is 11.6. The Bertz CT molecular complexity index is 1050. The zero-order chi connectivity index (χ0) is 23.5. The first-order chi connectivity index (χ1) is 15.9. The molecule has 178 valence electrons. The van der Waals surface area contributed by atoms with Crippen molar-refractivity contribution in [3.8, 4) is 5.75 Å². The van der Waals surface area contributed by atoms with Crippen LogP contribution in [0.1, 0.15) is 37.4 Å². The number of hydrogen-bond acceptors (Lipinski definition) is 7. The first-order valence-electron chi connectivity index (χ1n) is 11.6. The van der Waals surface area contributed by atoms with Gasteiger partial charge in [0.05, 0.1) is 11.9 Å².